The first kappa shape index (κ1) is 29.2. The Bertz CT molecular complexity index is 1270. The van der Waals surface area contributed by atoms with E-state index in [1.165, 1.54) is 24.3 Å². The van der Waals surface area contributed by atoms with E-state index in [2.05, 4.69) is 6.92 Å². The molecule has 210 valence electrons. The maximum absolute atomic E-state index is 15.6. The minimum absolute atomic E-state index is 0.00152. The number of hydrogen-bond acceptors (Lipinski definition) is 0. The normalized spacial score (nSPS) is 18.4. The van der Waals surface area contributed by atoms with Gasteiger partial charge in [-0.3, -0.25) is 0 Å². The number of halogens is 7. The maximum Gasteiger partial charge on any atom is 0.170 e. The lowest BCUT2D eigenvalue weighted by Crippen LogP contribution is -2.27. The zero-order chi connectivity index (χ0) is 28.3. The van der Waals surface area contributed by atoms with Crippen LogP contribution in [-0.2, 0) is 0 Å². The van der Waals surface area contributed by atoms with Crippen LogP contribution in [0.15, 0.2) is 36.4 Å². The molecule has 1 saturated carbocycles. The van der Waals surface area contributed by atoms with Crippen molar-refractivity contribution in [3.8, 4) is 22.3 Å². The second kappa shape index (κ2) is 12.6. The highest BCUT2D eigenvalue weighted by Gasteiger charge is 2.38. The first-order valence-corrected chi connectivity index (χ1v) is 13.8. The Labute approximate surface area is 225 Å². The Balaban J connectivity index is 1.81. The smallest absolute Gasteiger partial charge is 0.170 e. The van der Waals surface area contributed by atoms with E-state index >= 15 is 22.0 Å². The lowest BCUT2D eigenvalue weighted by Gasteiger charge is -2.38. The van der Waals surface area contributed by atoms with E-state index in [0.29, 0.717) is 12.5 Å². The number of unbranched alkanes of at least 4 members (excludes halogenated alkanes) is 2. The van der Waals surface area contributed by atoms with Gasteiger partial charge in [0.25, 0.3) is 0 Å². The van der Waals surface area contributed by atoms with Crippen LogP contribution in [0.25, 0.3) is 22.3 Å². The third-order valence-corrected chi connectivity index (χ3v) is 8.26. The van der Waals surface area contributed by atoms with Gasteiger partial charge in [-0.2, -0.15) is 0 Å². The second-order valence-electron chi connectivity index (χ2n) is 10.5. The van der Waals surface area contributed by atoms with Crippen molar-refractivity contribution in [1.29, 1.82) is 0 Å². The average Bonchev–Trinajstić information content (AvgIpc) is 2.94. The van der Waals surface area contributed by atoms with Gasteiger partial charge < -0.3 is 0 Å². The number of hydrogen-bond donors (Lipinski definition) is 0. The zero-order valence-corrected chi connectivity index (χ0v) is 22.2. The van der Waals surface area contributed by atoms with Crippen molar-refractivity contribution in [1.82, 2.24) is 0 Å². The van der Waals surface area contributed by atoms with Crippen molar-refractivity contribution in [2.75, 3.05) is 0 Å². The van der Waals surface area contributed by atoms with Gasteiger partial charge in [0.05, 0.1) is 11.1 Å². The van der Waals surface area contributed by atoms with Crippen LogP contribution in [0.2, 0.25) is 0 Å². The lowest BCUT2D eigenvalue weighted by molar-refractivity contribution is 0.177. The fraction of sp³-hybridized carbons (Fsp3) is 0.438. The van der Waals surface area contributed by atoms with E-state index in [0.717, 1.165) is 44.9 Å². The summed E-state index contributed by atoms with van der Waals surface area (Å²) < 4.78 is 107. The molecule has 0 bridgehead atoms. The first-order valence-electron chi connectivity index (χ1n) is 13.8. The molecule has 3 aromatic carbocycles. The molecule has 39 heavy (non-hydrogen) atoms. The Kier molecular flexibility index (Phi) is 9.39. The summed E-state index contributed by atoms with van der Waals surface area (Å²) in [5.41, 5.74) is -4.12. The van der Waals surface area contributed by atoms with Gasteiger partial charge in [0, 0.05) is 11.1 Å². The van der Waals surface area contributed by atoms with E-state index in [1.807, 2.05) is 0 Å². The van der Waals surface area contributed by atoms with Crippen molar-refractivity contribution < 1.29 is 30.7 Å². The van der Waals surface area contributed by atoms with E-state index in [-0.39, 0.29) is 23.8 Å². The predicted octanol–water partition coefficient (Wildman–Crippen LogP) is 10.9. The van der Waals surface area contributed by atoms with Crippen LogP contribution in [0.4, 0.5) is 30.7 Å². The average molecular weight is 551 g/mol. The van der Waals surface area contributed by atoms with Gasteiger partial charge in [-0.15, -0.1) is 0 Å². The highest BCUT2D eigenvalue weighted by Crippen LogP contribution is 2.47. The molecule has 0 heterocycles. The van der Waals surface area contributed by atoms with E-state index in [4.69, 9.17) is 0 Å². The highest BCUT2D eigenvalue weighted by atomic mass is 19.2. The third kappa shape index (κ3) is 5.59. The lowest BCUT2D eigenvalue weighted by atomic mass is 9.67. The van der Waals surface area contributed by atoms with Gasteiger partial charge in [-0.25, -0.2) is 30.7 Å². The Hall–Kier alpha value is -2.83. The maximum atomic E-state index is 15.6. The van der Waals surface area contributed by atoms with E-state index in [9.17, 15) is 8.78 Å². The molecule has 7 heteroatoms. The molecule has 1 aliphatic carbocycles. The molecule has 0 saturated heterocycles. The van der Waals surface area contributed by atoms with Crippen molar-refractivity contribution >= 4 is 0 Å². The van der Waals surface area contributed by atoms with Crippen molar-refractivity contribution in [3.05, 3.63) is 82.7 Å². The minimum Gasteiger partial charge on any atom is -0.206 e. The summed E-state index contributed by atoms with van der Waals surface area (Å²) >= 11 is 0. The summed E-state index contributed by atoms with van der Waals surface area (Å²) in [6, 6.07) is 7.60. The molecule has 0 radical (unpaired) electrons. The highest BCUT2D eigenvalue weighted by molar-refractivity contribution is 5.73. The van der Waals surface area contributed by atoms with Crippen LogP contribution in [0, 0.1) is 52.6 Å². The Morgan fingerprint density at radius 2 is 1.33 bits per heavy atom. The number of benzene rings is 3. The molecule has 1 aliphatic rings. The molecule has 0 aliphatic heterocycles. The van der Waals surface area contributed by atoms with Crippen molar-refractivity contribution in [2.45, 2.75) is 77.6 Å². The summed E-state index contributed by atoms with van der Waals surface area (Å²) in [7, 11) is 0. The van der Waals surface area contributed by atoms with Gasteiger partial charge in [-0.1, -0.05) is 89.1 Å². The van der Waals surface area contributed by atoms with Gasteiger partial charge in [-0.05, 0) is 42.2 Å². The standard InChI is InChI=1S/C32H33F7/c1-3-5-7-12-18-13-10-11-16-21(18)20(4-2)25-29(36)31(38)26(32(39)30(25)37)22-17-23(33)24(28(35)27(22)34)19-14-8-6-9-15-19/h6,8-9,14-15,17-18,20-21H,3-5,7,10-13,16H2,1-2H3. The molecule has 3 aromatic rings. The van der Waals surface area contributed by atoms with Gasteiger partial charge >= 0.3 is 0 Å². The molecule has 0 nitrogen and oxygen atoms in total. The fourth-order valence-corrected chi connectivity index (χ4v) is 6.36. The minimum atomic E-state index is -1.86. The van der Waals surface area contributed by atoms with Crippen LogP contribution >= 0.6 is 0 Å². The summed E-state index contributed by atoms with van der Waals surface area (Å²) in [4.78, 5) is 0. The predicted molar refractivity (Wildman–Crippen MR) is 140 cm³/mol. The van der Waals surface area contributed by atoms with E-state index < -0.39 is 68.9 Å². The van der Waals surface area contributed by atoms with Crippen LogP contribution in [0.1, 0.15) is 83.1 Å². The molecule has 1 fully saturated rings. The summed E-state index contributed by atoms with van der Waals surface area (Å²) in [6.07, 6.45) is 7.57. The monoisotopic (exact) mass is 550 g/mol. The number of rotatable bonds is 9. The van der Waals surface area contributed by atoms with Crippen LogP contribution < -0.4 is 0 Å². The van der Waals surface area contributed by atoms with Crippen molar-refractivity contribution in [3.63, 3.8) is 0 Å². The van der Waals surface area contributed by atoms with Gasteiger partial charge in [0.1, 0.15) is 5.82 Å². The molecule has 0 amide bonds. The molecule has 3 atom stereocenters. The quantitative estimate of drug-likeness (QED) is 0.141. The SMILES string of the molecule is CCCCCC1CCCCC1C(CC)c1c(F)c(F)c(-c2cc(F)c(-c3ccccc3)c(F)c2F)c(F)c1F. The molecule has 0 aromatic heterocycles. The molecular weight excluding hydrogens is 517 g/mol. The van der Waals surface area contributed by atoms with Crippen molar-refractivity contribution in [2.24, 2.45) is 11.8 Å². The van der Waals surface area contributed by atoms with Crippen LogP contribution in [0.3, 0.4) is 0 Å². The fourth-order valence-electron chi connectivity index (χ4n) is 6.36. The second-order valence-corrected chi connectivity index (χ2v) is 10.5. The zero-order valence-electron chi connectivity index (χ0n) is 22.2. The Morgan fingerprint density at radius 3 is 1.95 bits per heavy atom. The summed E-state index contributed by atoms with van der Waals surface area (Å²) in [6.45, 7) is 3.80. The summed E-state index contributed by atoms with van der Waals surface area (Å²) in [5.74, 6) is -12.6. The molecule has 3 unspecified atom stereocenters. The molecule has 0 N–H and O–H groups in total. The third-order valence-electron chi connectivity index (χ3n) is 8.26. The van der Waals surface area contributed by atoms with Gasteiger partial charge in [0.15, 0.2) is 34.9 Å². The topological polar surface area (TPSA) is 0 Å². The molecular formula is C32H33F7. The largest absolute Gasteiger partial charge is 0.206 e. The molecule has 0 spiro atoms. The molecule has 4 rings (SSSR count). The van der Waals surface area contributed by atoms with Crippen LogP contribution in [0.5, 0.6) is 0 Å². The van der Waals surface area contributed by atoms with Crippen LogP contribution in [-0.4, -0.2) is 0 Å². The first-order chi connectivity index (χ1) is 18.7. The Morgan fingerprint density at radius 1 is 0.718 bits per heavy atom. The van der Waals surface area contributed by atoms with Gasteiger partial charge in [0.2, 0.25) is 0 Å². The summed E-state index contributed by atoms with van der Waals surface area (Å²) in [5, 5.41) is 0. The van der Waals surface area contributed by atoms with E-state index in [1.54, 1.807) is 13.0 Å².